The highest BCUT2D eigenvalue weighted by atomic mass is 19.1. The zero-order valence-corrected chi connectivity index (χ0v) is 15.0. The lowest BCUT2D eigenvalue weighted by atomic mass is 10.1. The number of carbonyl (C=O) groups is 3. The van der Waals surface area contributed by atoms with Gasteiger partial charge in [-0.05, 0) is 42.8 Å². The molecule has 1 heterocycles. The van der Waals surface area contributed by atoms with E-state index in [-0.39, 0.29) is 36.3 Å². The van der Waals surface area contributed by atoms with Crippen molar-refractivity contribution < 1.29 is 23.5 Å². The summed E-state index contributed by atoms with van der Waals surface area (Å²) in [6, 6.07) is 10.3. The Labute approximate surface area is 155 Å². The Morgan fingerprint density at radius 3 is 2.48 bits per heavy atom. The van der Waals surface area contributed by atoms with Crippen LogP contribution >= 0.6 is 0 Å². The lowest BCUT2D eigenvalue weighted by Crippen LogP contribution is -2.30. The number of rotatable bonds is 5. The summed E-state index contributed by atoms with van der Waals surface area (Å²) in [7, 11) is 1.38. The van der Waals surface area contributed by atoms with Crippen LogP contribution in [0.1, 0.15) is 41.7 Å². The molecule has 0 aromatic heterocycles. The van der Waals surface area contributed by atoms with Crippen LogP contribution in [0.2, 0.25) is 0 Å². The lowest BCUT2D eigenvalue weighted by Gasteiger charge is -2.17. The topological polar surface area (TPSA) is 75.7 Å². The van der Waals surface area contributed by atoms with Gasteiger partial charge in [-0.25, -0.2) is 4.39 Å². The molecule has 2 aromatic rings. The van der Waals surface area contributed by atoms with Crippen LogP contribution in [0.4, 0.5) is 10.1 Å². The molecule has 27 heavy (non-hydrogen) atoms. The number of amides is 3. The average molecular weight is 370 g/mol. The van der Waals surface area contributed by atoms with E-state index in [1.54, 1.807) is 31.2 Å². The molecule has 1 N–H and O–H groups in total. The molecule has 140 valence electrons. The quantitative estimate of drug-likeness (QED) is 0.821. The molecule has 3 amide bonds. The first-order valence-electron chi connectivity index (χ1n) is 8.51. The molecule has 0 aliphatic carbocycles. The Balaban J connectivity index is 1.76. The monoisotopic (exact) mass is 370 g/mol. The molecule has 6 nitrogen and oxygen atoms in total. The first kappa shape index (κ1) is 18.6. The third-order valence-corrected chi connectivity index (χ3v) is 4.44. The third kappa shape index (κ3) is 3.81. The molecule has 1 aliphatic heterocycles. The largest absolute Gasteiger partial charge is 0.494 e. The predicted molar refractivity (Wildman–Crippen MR) is 97.0 cm³/mol. The normalized spacial score (nSPS) is 15.0. The van der Waals surface area contributed by atoms with Crippen molar-refractivity contribution in [3.8, 4) is 5.75 Å². The van der Waals surface area contributed by atoms with Gasteiger partial charge in [0, 0.05) is 18.4 Å². The van der Waals surface area contributed by atoms with Gasteiger partial charge in [-0.15, -0.1) is 0 Å². The summed E-state index contributed by atoms with van der Waals surface area (Å²) in [5.41, 5.74) is 1.27. The predicted octanol–water partition coefficient (Wildman–Crippen LogP) is 2.98. The van der Waals surface area contributed by atoms with Gasteiger partial charge in [-0.1, -0.05) is 12.1 Å². The molecule has 0 radical (unpaired) electrons. The van der Waals surface area contributed by atoms with Gasteiger partial charge in [0.15, 0.2) is 11.6 Å². The fourth-order valence-corrected chi connectivity index (χ4v) is 2.97. The van der Waals surface area contributed by atoms with Crippen molar-refractivity contribution in [1.82, 2.24) is 5.32 Å². The molecular formula is C20H19FN2O4. The van der Waals surface area contributed by atoms with Crippen molar-refractivity contribution in [2.75, 3.05) is 12.0 Å². The number of methoxy groups -OCH3 is 1. The van der Waals surface area contributed by atoms with Gasteiger partial charge >= 0.3 is 0 Å². The SMILES string of the molecule is COc1ccc([C@H](C)NC(=O)c2cccc(N3C(=O)CCC3=O)c2)cc1F. The van der Waals surface area contributed by atoms with Gasteiger partial charge in [-0.2, -0.15) is 0 Å². The van der Waals surface area contributed by atoms with Crippen molar-refractivity contribution in [2.24, 2.45) is 0 Å². The number of ether oxygens (including phenoxy) is 1. The molecule has 0 saturated carbocycles. The van der Waals surface area contributed by atoms with Crippen LogP contribution in [-0.4, -0.2) is 24.8 Å². The van der Waals surface area contributed by atoms with Gasteiger partial charge in [-0.3, -0.25) is 19.3 Å². The van der Waals surface area contributed by atoms with E-state index in [9.17, 15) is 18.8 Å². The third-order valence-electron chi connectivity index (χ3n) is 4.44. The van der Waals surface area contributed by atoms with E-state index in [1.165, 1.54) is 25.3 Å². The fraction of sp³-hybridized carbons (Fsp3) is 0.250. The number of nitrogens with one attached hydrogen (secondary N) is 1. The smallest absolute Gasteiger partial charge is 0.251 e. The molecule has 2 aromatic carbocycles. The van der Waals surface area contributed by atoms with E-state index in [1.807, 2.05) is 0 Å². The summed E-state index contributed by atoms with van der Waals surface area (Å²) in [6.07, 6.45) is 0.352. The molecule has 1 aliphatic rings. The van der Waals surface area contributed by atoms with Crippen LogP contribution in [0.15, 0.2) is 42.5 Å². The van der Waals surface area contributed by atoms with Gasteiger partial charge in [0.1, 0.15) is 0 Å². The molecule has 7 heteroatoms. The van der Waals surface area contributed by atoms with E-state index in [0.717, 1.165) is 4.90 Å². The Morgan fingerprint density at radius 2 is 1.85 bits per heavy atom. The van der Waals surface area contributed by atoms with Crippen LogP contribution in [-0.2, 0) is 9.59 Å². The minimum absolute atomic E-state index is 0.130. The summed E-state index contributed by atoms with van der Waals surface area (Å²) >= 11 is 0. The second-order valence-electron chi connectivity index (χ2n) is 6.26. The van der Waals surface area contributed by atoms with E-state index in [0.29, 0.717) is 16.8 Å². The van der Waals surface area contributed by atoms with Gasteiger partial charge in [0.05, 0.1) is 18.8 Å². The van der Waals surface area contributed by atoms with Crippen molar-refractivity contribution in [2.45, 2.75) is 25.8 Å². The minimum atomic E-state index is -0.510. The number of anilines is 1. The highest BCUT2D eigenvalue weighted by molar-refractivity contribution is 6.20. The second-order valence-corrected chi connectivity index (χ2v) is 6.26. The Morgan fingerprint density at radius 1 is 1.15 bits per heavy atom. The number of benzene rings is 2. The maximum atomic E-state index is 13.9. The number of imide groups is 1. The molecular weight excluding hydrogens is 351 g/mol. The first-order valence-corrected chi connectivity index (χ1v) is 8.51. The van der Waals surface area contributed by atoms with Crippen molar-refractivity contribution in [3.05, 3.63) is 59.4 Å². The summed E-state index contributed by atoms with van der Waals surface area (Å²) < 4.78 is 18.8. The standard InChI is InChI=1S/C20H19FN2O4/c1-12(13-6-7-17(27-2)16(21)11-13)22-20(26)14-4-3-5-15(10-14)23-18(24)8-9-19(23)25/h3-7,10-12H,8-9H2,1-2H3,(H,22,26)/t12-/m0/s1. The number of hydrogen-bond donors (Lipinski definition) is 1. The van der Waals surface area contributed by atoms with Crippen molar-refractivity contribution >= 4 is 23.4 Å². The van der Waals surface area contributed by atoms with E-state index in [2.05, 4.69) is 5.32 Å². The molecule has 1 fully saturated rings. The molecule has 0 spiro atoms. The van der Waals surface area contributed by atoms with Crippen LogP contribution in [0.25, 0.3) is 0 Å². The Hall–Kier alpha value is -3.22. The minimum Gasteiger partial charge on any atom is -0.494 e. The average Bonchev–Trinajstić information content (AvgIpc) is 3.00. The van der Waals surface area contributed by atoms with Crippen LogP contribution in [0.5, 0.6) is 5.75 Å². The summed E-state index contributed by atoms with van der Waals surface area (Å²) in [4.78, 5) is 37.4. The molecule has 1 atom stereocenters. The highest BCUT2D eigenvalue weighted by Gasteiger charge is 2.30. The molecule has 3 rings (SSSR count). The first-order chi connectivity index (χ1) is 12.9. The zero-order valence-electron chi connectivity index (χ0n) is 15.0. The Kier molecular flexibility index (Phi) is 5.21. The van der Waals surface area contributed by atoms with Gasteiger partial charge in [0.25, 0.3) is 5.91 Å². The molecule has 0 unspecified atom stereocenters. The van der Waals surface area contributed by atoms with Crippen LogP contribution < -0.4 is 15.0 Å². The summed E-state index contributed by atoms with van der Waals surface area (Å²) in [5.74, 6) is -1.33. The summed E-state index contributed by atoms with van der Waals surface area (Å²) in [5, 5.41) is 2.78. The fourth-order valence-electron chi connectivity index (χ4n) is 2.97. The molecule has 0 bridgehead atoms. The second kappa shape index (κ2) is 7.57. The van der Waals surface area contributed by atoms with E-state index < -0.39 is 11.9 Å². The van der Waals surface area contributed by atoms with E-state index >= 15 is 0 Å². The number of nitrogens with zero attached hydrogens (tertiary/aromatic N) is 1. The zero-order chi connectivity index (χ0) is 19.6. The number of carbonyl (C=O) groups excluding carboxylic acids is 3. The number of hydrogen-bond acceptors (Lipinski definition) is 4. The maximum absolute atomic E-state index is 13.9. The van der Waals surface area contributed by atoms with Gasteiger partial charge < -0.3 is 10.1 Å². The van der Waals surface area contributed by atoms with Crippen LogP contribution in [0.3, 0.4) is 0 Å². The maximum Gasteiger partial charge on any atom is 0.251 e. The van der Waals surface area contributed by atoms with Crippen molar-refractivity contribution in [3.63, 3.8) is 0 Å². The molecule has 1 saturated heterocycles. The summed E-state index contributed by atoms with van der Waals surface area (Å²) in [6.45, 7) is 1.73. The Bertz CT molecular complexity index is 897. The van der Waals surface area contributed by atoms with Gasteiger partial charge in [0.2, 0.25) is 11.8 Å². The van der Waals surface area contributed by atoms with Crippen LogP contribution in [0, 0.1) is 5.82 Å². The highest BCUT2D eigenvalue weighted by Crippen LogP contribution is 2.25. The lowest BCUT2D eigenvalue weighted by molar-refractivity contribution is -0.121. The van der Waals surface area contributed by atoms with E-state index in [4.69, 9.17) is 4.74 Å². The van der Waals surface area contributed by atoms with Crippen molar-refractivity contribution in [1.29, 1.82) is 0 Å². The number of halogens is 1.